The lowest BCUT2D eigenvalue weighted by molar-refractivity contribution is 0.0229. The van der Waals surface area contributed by atoms with Crippen LogP contribution in [0.2, 0.25) is 5.02 Å². The van der Waals surface area contributed by atoms with E-state index in [-0.39, 0.29) is 17.5 Å². The maximum Gasteiger partial charge on any atom is 0.252 e. The number of rotatable bonds is 5. The van der Waals surface area contributed by atoms with E-state index < -0.39 is 0 Å². The van der Waals surface area contributed by atoms with Gasteiger partial charge in [-0.1, -0.05) is 61.3 Å². The van der Waals surface area contributed by atoms with E-state index in [0.29, 0.717) is 10.6 Å². The molecular weight excluding hydrogens is 368 g/mol. The standard InChI is InChI=1S/C24H31ClN2O/c1-5-18-14-15-24(3,27(4)16-18)22(19-10-7-6-8-11-19)26-23(28)20-12-9-13-21(25)17(20)2/h6-13,18,22H,5,14-16H2,1-4H3,(H,26,28). The maximum atomic E-state index is 13.2. The lowest BCUT2D eigenvalue weighted by atomic mass is 9.75. The van der Waals surface area contributed by atoms with Gasteiger partial charge in [0.15, 0.2) is 0 Å². The first-order valence-corrected chi connectivity index (χ1v) is 10.6. The van der Waals surface area contributed by atoms with E-state index in [4.69, 9.17) is 11.6 Å². The molecule has 1 aliphatic rings. The minimum absolute atomic E-state index is 0.0684. The Labute approximate surface area is 174 Å². The number of hydrogen-bond donors (Lipinski definition) is 1. The van der Waals surface area contributed by atoms with Crippen molar-refractivity contribution in [2.45, 2.75) is 51.6 Å². The fourth-order valence-corrected chi connectivity index (χ4v) is 4.55. The smallest absolute Gasteiger partial charge is 0.252 e. The summed E-state index contributed by atoms with van der Waals surface area (Å²) in [6, 6.07) is 15.7. The number of nitrogens with one attached hydrogen (secondary N) is 1. The molecule has 1 amide bonds. The van der Waals surface area contributed by atoms with Crippen LogP contribution in [0.4, 0.5) is 0 Å². The molecule has 3 unspecified atom stereocenters. The third-order valence-corrected chi connectivity index (χ3v) is 6.99. The normalized spacial score (nSPS) is 24.0. The Kier molecular flexibility index (Phi) is 6.47. The summed E-state index contributed by atoms with van der Waals surface area (Å²) in [6.07, 6.45) is 3.44. The zero-order valence-electron chi connectivity index (χ0n) is 17.3. The van der Waals surface area contributed by atoms with Crippen molar-refractivity contribution in [1.82, 2.24) is 10.2 Å². The number of halogens is 1. The minimum Gasteiger partial charge on any atom is -0.343 e. The van der Waals surface area contributed by atoms with Crippen LogP contribution >= 0.6 is 11.6 Å². The molecule has 3 nitrogen and oxygen atoms in total. The number of amides is 1. The van der Waals surface area contributed by atoms with E-state index in [1.165, 1.54) is 12.8 Å². The van der Waals surface area contributed by atoms with Crippen LogP contribution in [0.25, 0.3) is 0 Å². The molecule has 2 aromatic carbocycles. The van der Waals surface area contributed by atoms with E-state index in [0.717, 1.165) is 30.0 Å². The lowest BCUT2D eigenvalue weighted by Gasteiger charge is -2.50. The second-order valence-electron chi connectivity index (χ2n) is 8.28. The van der Waals surface area contributed by atoms with Gasteiger partial charge >= 0.3 is 0 Å². The molecular formula is C24H31ClN2O. The van der Waals surface area contributed by atoms with Crippen molar-refractivity contribution < 1.29 is 4.79 Å². The summed E-state index contributed by atoms with van der Waals surface area (Å²) in [7, 11) is 2.19. The van der Waals surface area contributed by atoms with Gasteiger partial charge in [-0.15, -0.1) is 0 Å². The number of hydrogen-bond acceptors (Lipinski definition) is 2. The summed E-state index contributed by atoms with van der Waals surface area (Å²) in [6.45, 7) is 7.50. The molecule has 0 aliphatic carbocycles. The van der Waals surface area contributed by atoms with Crippen molar-refractivity contribution in [2.24, 2.45) is 5.92 Å². The number of carbonyl (C=O) groups excluding carboxylic acids is 1. The topological polar surface area (TPSA) is 32.3 Å². The van der Waals surface area contributed by atoms with Crippen LogP contribution in [-0.4, -0.2) is 29.9 Å². The molecule has 150 valence electrons. The van der Waals surface area contributed by atoms with Crippen LogP contribution in [0.1, 0.15) is 60.6 Å². The van der Waals surface area contributed by atoms with Gasteiger partial charge in [0.2, 0.25) is 0 Å². The van der Waals surface area contributed by atoms with Crippen LogP contribution < -0.4 is 5.32 Å². The Hall–Kier alpha value is -1.84. The fraction of sp³-hybridized carbons (Fsp3) is 0.458. The Bertz CT molecular complexity index is 823. The van der Waals surface area contributed by atoms with Gasteiger partial charge in [0, 0.05) is 22.7 Å². The zero-order valence-corrected chi connectivity index (χ0v) is 18.1. The highest BCUT2D eigenvalue weighted by atomic mass is 35.5. The van der Waals surface area contributed by atoms with Crippen molar-refractivity contribution in [3.05, 3.63) is 70.2 Å². The summed E-state index contributed by atoms with van der Waals surface area (Å²) in [4.78, 5) is 15.7. The second-order valence-corrected chi connectivity index (χ2v) is 8.69. The number of carbonyl (C=O) groups is 1. The molecule has 0 aromatic heterocycles. The maximum absolute atomic E-state index is 13.2. The van der Waals surface area contributed by atoms with Crippen LogP contribution in [0, 0.1) is 12.8 Å². The molecule has 0 spiro atoms. The minimum atomic E-state index is -0.144. The highest BCUT2D eigenvalue weighted by Crippen LogP contribution is 2.40. The van der Waals surface area contributed by atoms with E-state index in [2.05, 4.69) is 43.2 Å². The Morgan fingerprint density at radius 2 is 1.96 bits per heavy atom. The van der Waals surface area contributed by atoms with Gasteiger partial charge in [0.25, 0.3) is 5.91 Å². The largest absolute Gasteiger partial charge is 0.343 e. The fourth-order valence-electron chi connectivity index (χ4n) is 4.38. The number of likely N-dealkylation sites (N-methyl/N-ethyl adjacent to an activating group) is 1. The second kappa shape index (κ2) is 8.67. The molecule has 1 saturated heterocycles. The van der Waals surface area contributed by atoms with Crippen molar-refractivity contribution in [3.8, 4) is 0 Å². The molecule has 28 heavy (non-hydrogen) atoms. The number of piperidine rings is 1. The highest BCUT2D eigenvalue weighted by molar-refractivity contribution is 6.31. The predicted octanol–water partition coefficient (Wildman–Crippen LogP) is 5.63. The number of benzene rings is 2. The van der Waals surface area contributed by atoms with E-state index >= 15 is 0 Å². The molecule has 4 heteroatoms. The number of likely N-dealkylation sites (tertiary alicyclic amines) is 1. The quantitative estimate of drug-likeness (QED) is 0.707. The van der Waals surface area contributed by atoms with Gasteiger partial charge in [-0.2, -0.15) is 0 Å². The van der Waals surface area contributed by atoms with Crippen molar-refractivity contribution in [1.29, 1.82) is 0 Å². The summed E-state index contributed by atoms with van der Waals surface area (Å²) in [5.74, 6) is 0.654. The van der Waals surface area contributed by atoms with Gasteiger partial charge in [-0.05, 0) is 62.9 Å². The molecule has 1 N–H and O–H groups in total. The summed E-state index contributed by atoms with van der Waals surface area (Å²) in [5.41, 5.74) is 2.46. The first kappa shape index (κ1) is 20.9. The van der Waals surface area contributed by atoms with Crippen LogP contribution in [0.3, 0.4) is 0 Å². The van der Waals surface area contributed by atoms with Crippen molar-refractivity contribution in [2.75, 3.05) is 13.6 Å². The monoisotopic (exact) mass is 398 g/mol. The Morgan fingerprint density at radius 1 is 1.25 bits per heavy atom. The van der Waals surface area contributed by atoms with E-state index in [1.54, 1.807) is 0 Å². The molecule has 0 radical (unpaired) electrons. The molecule has 0 saturated carbocycles. The predicted molar refractivity (Wildman–Crippen MR) is 117 cm³/mol. The van der Waals surface area contributed by atoms with Gasteiger partial charge in [-0.25, -0.2) is 0 Å². The van der Waals surface area contributed by atoms with Gasteiger partial charge in [0.1, 0.15) is 0 Å². The average Bonchev–Trinajstić information content (AvgIpc) is 2.70. The highest BCUT2D eigenvalue weighted by Gasteiger charge is 2.43. The van der Waals surface area contributed by atoms with Crippen LogP contribution in [0.15, 0.2) is 48.5 Å². The van der Waals surface area contributed by atoms with Crippen molar-refractivity contribution >= 4 is 17.5 Å². The van der Waals surface area contributed by atoms with Crippen molar-refractivity contribution in [3.63, 3.8) is 0 Å². The van der Waals surface area contributed by atoms with Crippen LogP contribution in [0.5, 0.6) is 0 Å². The van der Waals surface area contributed by atoms with Crippen LogP contribution in [-0.2, 0) is 0 Å². The number of nitrogens with zero attached hydrogens (tertiary/aromatic N) is 1. The average molecular weight is 399 g/mol. The molecule has 0 bridgehead atoms. The third kappa shape index (κ3) is 4.11. The summed E-state index contributed by atoms with van der Waals surface area (Å²) in [5, 5.41) is 3.97. The molecule has 1 aliphatic heterocycles. The van der Waals surface area contributed by atoms with Gasteiger partial charge in [0.05, 0.1) is 6.04 Å². The molecule has 2 aromatic rings. The van der Waals surface area contributed by atoms with E-state index in [9.17, 15) is 4.79 Å². The summed E-state index contributed by atoms with van der Waals surface area (Å²) < 4.78 is 0. The Balaban J connectivity index is 1.94. The first-order valence-electron chi connectivity index (χ1n) is 10.2. The third-order valence-electron chi connectivity index (χ3n) is 6.58. The van der Waals surface area contributed by atoms with Gasteiger partial charge < -0.3 is 5.32 Å². The summed E-state index contributed by atoms with van der Waals surface area (Å²) >= 11 is 6.25. The molecule has 1 heterocycles. The molecule has 3 rings (SSSR count). The van der Waals surface area contributed by atoms with Gasteiger partial charge in [-0.3, -0.25) is 9.69 Å². The zero-order chi connectivity index (χ0) is 20.3. The first-order chi connectivity index (χ1) is 13.4. The molecule has 1 fully saturated rings. The lowest BCUT2D eigenvalue weighted by Crippen LogP contribution is -2.57. The SMILES string of the molecule is CCC1CCC(C)(C(NC(=O)c2cccc(Cl)c2C)c2ccccc2)N(C)C1. The Morgan fingerprint density at radius 3 is 2.61 bits per heavy atom. The van der Waals surface area contributed by atoms with E-state index in [1.807, 2.05) is 43.3 Å². The molecule has 3 atom stereocenters.